The van der Waals surface area contributed by atoms with Gasteiger partial charge in [0.15, 0.2) is 5.82 Å². The molecule has 8 heteroatoms. The smallest absolute Gasteiger partial charge is 0.494 e. The third-order valence-corrected chi connectivity index (χ3v) is 8.04. The van der Waals surface area contributed by atoms with Crippen molar-refractivity contribution in [1.29, 1.82) is 0 Å². The summed E-state index contributed by atoms with van der Waals surface area (Å²) < 4.78 is 14.0. The van der Waals surface area contributed by atoms with E-state index in [9.17, 15) is 9.90 Å². The summed E-state index contributed by atoms with van der Waals surface area (Å²) in [6, 6.07) is 7.68. The molecule has 1 aromatic heterocycles. The summed E-state index contributed by atoms with van der Waals surface area (Å²) in [5, 5.41) is 15.2. The van der Waals surface area contributed by atoms with E-state index in [1.165, 1.54) is 0 Å². The van der Waals surface area contributed by atoms with Gasteiger partial charge in [0, 0.05) is 18.2 Å². The van der Waals surface area contributed by atoms with Crippen LogP contribution in [0.5, 0.6) is 0 Å². The summed E-state index contributed by atoms with van der Waals surface area (Å²) >= 11 is 0. The van der Waals surface area contributed by atoms with E-state index in [-0.39, 0.29) is 23.6 Å². The van der Waals surface area contributed by atoms with Gasteiger partial charge in [-0.1, -0.05) is 25.6 Å². The van der Waals surface area contributed by atoms with Crippen LogP contribution >= 0.6 is 0 Å². The topological polar surface area (TPSA) is 76.8 Å². The summed E-state index contributed by atoms with van der Waals surface area (Å²) in [4.78, 5) is 15.3. The standard InChI is InChI=1S/C28H40BN3O4/c1-18(2)32(26(34)21-11-9-19(3)10-12-21)25-24(20(4)33)17-31(30-25)23-15-13-22(14-16-23)29-35-27(5,6)28(7,8)36-29/h13-19,21,33H,4,9-12H2,1-3,5-8H3/t19-,21-. The monoisotopic (exact) mass is 493 g/mol. The molecule has 194 valence electrons. The molecule has 1 N–H and O–H groups in total. The van der Waals surface area contributed by atoms with Gasteiger partial charge in [-0.05, 0) is 90.7 Å². The highest BCUT2D eigenvalue weighted by atomic mass is 16.7. The Hall–Kier alpha value is -2.58. The van der Waals surface area contributed by atoms with Crippen molar-refractivity contribution in [2.45, 2.75) is 91.4 Å². The fourth-order valence-corrected chi connectivity index (χ4v) is 4.95. The lowest BCUT2D eigenvalue weighted by atomic mass is 9.79. The van der Waals surface area contributed by atoms with Crippen LogP contribution < -0.4 is 10.4 Å². The van der Waals surface area contributed by atoms with Gasteiger partial charge in [0.05, 0.1) is 22.5 Å². The minimum atomic E-state index is -0.447. The van der Waals surface area contributed by atoms with Gasteiger partial charge in [0.2, 0.25) is 5.91 Å². The summed E-state index contributed by atoms with van der Waals surface area (Å²) in [6.45, 7) is 18.1. The molecule has 2 aliphatic rings. The summed E-state index contributed by atoms with van der Waals surface area (Å²) in [5.41, 5.74) is 1.35. The number of carbonyl (C=O) groups is 1. The van der Waals surface area contributed by atoms with Crippen molar-refractivity contribution >= 4 is 30.1 Å². The molecule has 2 aromatic rings. The van der Waals surface area contributed by atoms with Crippen LogP contribution in [0.1, 0.15) is 79.7 Å². The average Bonchev–Trinajstić information content (AvgIpc) is 3.32. The van der Waals surface area contributed by atoms with Crippen molar-refractivity contribution in [3.05, 3.63) is 42.6 Å². The minimum Gasteiger partial charge on any atom is -0.508 e. The van der Waals surface area contributed by atoms with E-state index in [1.54, 1.807) is 15.8 Å². The molecule has 2 fully saturated rings. The number of aliphatic hydroxyl groups is 1. The fourth-order valence-electron chi connectivity index (χ4n) is 4.95. The second-order valence-corrected chi connectivity index (χ2v) is 11.7. The Balaban J connectivity index is 1.62. The van der Waals surface area contributed by atoms with Crippen LogP contribution in [0.25, 0.3) is 11.4 Å². The van der Waals surface area contributed by atoms with E-state index < -0.39 is 18.3 Å². The van der Waals surface area contributed by atoms with Gasteiger partial charge in [-0.25, -0.2) is 4.68 Å². The number of aliphatic hydroxyl groups excluding tert-OH is 1. The van der Waals surface area contributed by atoms with Crippen molar-refractivity contribution in [3.8, 4) is 5.69 Å². The number of amides is 1. The first-order chi connectivity index (χ1) is 16.8. The molecule has 0 radical (unpaired) electrons. The predicted octanol–water partition coefficient (Wildman–Crippen LogP) is 5.27. The van der Waals surface area contributed by atoms with Gasteiger partial charge in [0.1, 0.15) is 5.76 Å². The van der Waals surface area contributed by atoms with Crippen molar-refractivity contribution in [2.24, 2.45) is 11.8 Å². The Morgan fingerprint density at radius 3 is 2.17 bits per heavy atom. The largest absolute Gasteiger partial charge is 0.508 e. The number of nitrogens with zero attached hydrogens (tertiary/aromatic N) is 3. The van der Waals surface area contributed by atoms with Crippen LogP contribution in [0.15, 0.2) is 37.0 Å². The molecule has 0 spiro atoms. The predicted molar refractivity (Wildman–Crippen MR) is 145 cm³/mol. The third-order valence-electron chi connectivity index (χ3n) is 8.04. The summed E-state index contributed by atoms with van der Waals surface area (Å²) in [6.07, 6.45) is 5.63. The number of hydrogen-bond donors (Lipinski definition) is 1. The quantitative estimate of drug-likeness (QED) is 0.439. The zero-order valence-corrected chi connectivity index (χ0v) is 22.7. The SMILES string of the molecule is C=C(O)c1cn(-c2ccc(B3OC(C)(C)C(C)(C)O3)cc2)nc1N(C(=O)[C@H]1CC[C@H](C)CC1)C(C)C. The first-order valence-corrected chi connectivity index (χ1v) is 13.1. The van der Waals surface area contributed by atoms with Crippen LogP contribution in [0, 0.1) is 11.8 Å². The molecule has 1 aliphatic carbocycles. The van der Waals surface area contributed by atoms with E-state index in [0.717, 1.165) is 36.8 Å². The maximum atomic E-state index is 13.6. The van der Waals surface area contributed by atoms with Gasteiger partial charge < -0.3 is 14.4 Å². The second kappa shape index (κ2) is 9.71. The zero-order chi connectivity index (χ0) is 26.4. The van der Waals surface area contributed by atoms with E-state index in [2.05, 4.69) is 13.5 Å². The van der Waals surface area contributed by atoms with Crippen molar-refractivity contribution in [1.82, 2.24) is 9.78 Å². The number of aromatic nitrogens is 2. The van der Waals surface area contributed by atoms with Gasteiger partial charge in [-0.15, -0.1) is 5.10 Å². The molecule has 0 bridgehead atoms. The maximum absolute atomic E-state index is 13.6. The normalized spacial score (nSPS) is 23.2. The van der Waals surface area contributed by atoms with Gasteiger partial charge in [-0.3, -0.25) is 9.69 Å². The van der Waals surface area contributed by atoms with Crippen molar-refractivity contribution in [3.63, 3.8) is 0 Å². The Morgan fingerprint density at radius 2 is 1.67 bits per heavy atom. The average molecular weight is 493 g/mol. The second-order valence-electron chi connectivity index (χ2n) is 11.7. The van der Waals surface area contributed by atoms with E-state index in [4.69, 9.17) is 14.4 Å². The molecule has 4 rings (SSSR count). The molecule has 0 atom stereocenters. The maximum Gasteiger partial charge on any atom is 0.494 e. The lowest BCUT2D eigenvalue weighted by Crippen LogP contribution is -2.42. The van der Waals surface area contributed by atoms with E-state index in [0.29, 0.717) is 17.3 Å². The van der Waals surface area contributed by atoms with Crippen LogP contribution in [0.2, 0.25) is 0 Å². The number of carbonyl (C=O) groups excluding carboxylic acids is 1. The highest BCUT2D eigenvalue weighted by molar-refractivity contribution is 6.62. The molecule has 1 saturated carbocycles. The Kier molecular flexibility index (Phi) is 7.14. The highest BCUT2D eigenvalue weighted by Gasteiger charge is 2.51. The molecular weight excluding hydrogens is 453 g/mol. The van der Waals surface area contributed by atoms with E-state index in [1.807, 2.05) is 65.8 Å². The molecular formula is C28H40BN3O4. The Morgan fingerprint density at radius 1 is 1.11 bits per heavy atom. The summed E-state index contributed by atoms with van der Waals surface area (Å²) in [5.74, 6) is 1.04. The lowest BCUT2D eigenvalue weighted by Gasteiger charge is -2.32. The van der Waals surface area contributed by atoms with E-state index >= 15 is 0 Å². The molecule has 0 unspecified atom stereocenters. The van der Waals surface area contributed by atoms with Crippen LogP contribution in [-0.2, 0) is 14.1 Å². The number of rotatable bonds is 6. The van der Waals surface area contributed by atoms with Gasteiger partial charge in [-0.2, -0.15) is 0 Å². The number of hydrogen-bond acceptors (Lipinski definition) is 5. The third kappa shape index (κ3) is 4.98. The van der Waals surface area contributed by atoms with Crippen molar-refractivity contribution < 1.29 is 19.2 Å². The highest BCUT2D eigenvalue weighted by Crippen LogP contribution is 2.37. The zero-order valence-electron chi connectivity index (χ0n) is 22.7. The van der Waals surface area contributed by atoms with Gasteiger partial charge in [0.25, 0.3) is 0 Å². The molecule has 1 saturated heterocycles. The van der Waals surface area contributed by atoms with Gasteiger partial charge >= 0.3 is 7.12 Å². The van der Waals surface area contributed by atoms with Crippen LogP contribution in [0.3, 0.4) is 0 Å². The Labute approximate surface area is 215 Å². The molecule has 1 aromatic carbocycles. The Bertz CT molecular complexity index is 1100. The molecule has 1 aliphatic heterocycles. The minimum absolute atomic E-state index is 0.0206. The van der Waals surface area contributed by atoms with Crippen LogP contribution in [-0.4, -0.2) is 45.2 Å². The lowest BCUT2D eigenvalue weighted by molar-refractivity contribution is -0.124. The molecule has 1 amide bonds. The first-order valence-electron chi connectivity index (χ1n) is 13.1. The first kappa shape index (κ1) is 26.5. The summed E-state index contributed by atoms with van der Waals surface area (Å²) in [7, 11) is -0.447. The molecule has 36 heavy (non-hydrogen) atoms. The number of anilines is 1. The fraction of sp³-hybridized carbons (Fsp3) is 0.571. The van der Waals surface area contributed by atoms with Crippen molar-refractivity contribution in [2.75, 3.05) is 4.90 Å². The molecule has 7 nitrogen and oxygen atoms in total. The number of benzene rings is 1. The molecule has 2 heterocycles. The van der Waals surface area contributed by atoms with Crippen LogP contribution in [0.4, 0.5) is 5.82 Å².